The van der Waals surface area contributed by atoms with Crippen LogP contribution in [-0.4, -0.2) is 6.61 Å². The third-order valence-electron chi connectivity index (χ3n) is 2.46. The van der Waals surface area contributed by atoms with E-state index in [0.29, 0.717) is 11.6 Å². The van der Waals surface area contributed by atoms with Crippen molar-refractivity contribution in [2.75, 3.05) is 6.61 Å². The summed E-state index contributed by atoms with van der Waals surface area (Å²) >= 11 is 5.78. The summed E-state index contributed by atoms with van der Waals surface area (Å²) in [6, 6.07) is 9.76. The predicted molar refractivity (Wildman–Crippen MR) is 53.9 cm³/mol. The van der Waals surface area contributed by atoms with Crippen LogP contribution in [-0.2, 0) is 4.74 Å². The van der Waals surface area contributed by atoms with Gasteiger partial charge in [-0.3, -0.25) is 0 Å². The molecule has 0 spiro atoms. The van der Waals surface area contributed by atoms with Gasteiger partial charge in [-0.25, -0.2) is 0 Å². The molecule has 14 heavy (non-hydrogen) atoms. The zero-order valence-corrected chi connectivity index (χ0v) is 8.37. The summed E-state index contributed by atoms with van der Waals surface area (Å²) in [6.07, 6.45) is 0.751. The molecule has 72 valence electrons. The first-order valence-electron chi connectivity index (χ1n) is 4.58. The largest absolute Gasteiger partial charge is 0.372 e. The molecule has 2 nitrogen and oxygen atoms in total. The minimum Gasteiger partial charge on any atom is -0.372 e. The van der Waals surface area contributed by atoms with Gasteiger partial charge in [0.2, 0.25) is 0 Å². The second kappa shape index (κ2) is 4.00. The molecular weight excluding hydrogens is 198 g/mol. The van der Waals surface area contributed by atoms with E-state index in [2.05, 4.69) is 6.07 Å². The topological polar surface area (TPSA) is 33.0 Å². The Morgan fingerprint density at radius 1 is 1.36 bits per heavy atom. The second-order valence-corrected chi connectivity index (χ2v) is 3.80. The molecule has 0 unspecified atom stereocenters. The van der Waals surface area contributed by atoms with Crippen LogP contribution in [0.25, 0.3) is 0 Å². The van der Waals surface area contributed by atoms with E-state index in [1.807, 2.05) is 24.3 Å². The number of hydrogen-bond acceptors (Lipinski definition) is 2. The van der Waals surface area contributed by atoms with Gasteiger partial charge in [0.1, 0.15) is 0 Å². The van der Waals surface area contributed by atoms with Crippen LogP contribution in [0.4, 0.5) is 0 Å². The summed E-state index contributed by atoms with van der Waals surface area (Å²) in [5.41, 5.74) is 1.04. The highest BCUT2D eigenvalue weighted by Crippen LogP contribution is 2.34. The molecule has 0 aliphatic carbocycles. The Balaban J connectivity index is 2.23. The molecule has 3 heteroatoms. The van der Waals surface area contributed by atoms with Crippen molar-refractivity contribution < 1.29 is 4.74 Å². The van der Waals surface area contributed by atoms with Crippen molar-refractivity contribution in [2.45, 2.75) is 12.5 Å². The zero-order chi connectivity index (χ0) is 9.97. The van der Waals surface area contributed by atoms with Gasteiger partial charge in [-0.05, 0) is 24.1 Å². The Kier molecular flexibility index (Phi) is 2.72. The fourth-order valence-electron chi connectivity index (χ4n) is 1.70. The van der Waals surface area contributed by atoms with Crippen LogP contribution in [0.1, 0.15) is 18.1 Å². The number of rotatable bonds is 1. The van der Waals surface area contributed by atoms with Gasteiger partial charge in [-0.1, -0.05) is 23.7 Å². The van der Waals surface area contributed by atoms with Crippen molar-refractivity contribution in [1.29, 1.82) is 5.26 Å². The van der Waals surface area contributed by atoms with Crippen LogP contribution in [0.2, 0.25) is 5.02 Å². The van der Waals surface area contributed by atoms with Gasteiger partial charge in [-0.15, -0.1) is 0 Å². The van der Waals surface area contributed by atoms with Gasteiger partial charge in [0.05, 0.1) is 18.1 Å². The third-order valence-corrected chi connectivity index (χ3v) is 2.71. The molecule has 1 aromatic rings. The van der Waals surface area contributed by atoms with E-state index in [1.165, 1.54) is 0 Å². The molecular formula is C11H10ClNO. The maximum Gasteiger partial charge on any atom is 0.0983 e. The Bertz CT molecular complexity index is 355. The summed E-state index contributed by atoms with van der Waals surface area (Å²) in [6.45, 7) is 0.672. The lowest BCUT2D eigenvalue weighted by atomic mass is 9.97. The van der Waals surface area contributed by atoms with Gasteiger partial charge in [0.15, 0.2) is 0 Å². The van der Waals surface area contributed by atoms with Crippen molar-refractivity contribution >= 4 is 11.6 Å². The number of nitriles is 1. The SMILES string of the molecule is N#C[C@@H]1CCO[C@H]1c1ccc(Cl)cc1. The first-order valence-corrected chi connectivity index (χ1v) is 4.96. The third kappa shape index (κ3) is 1.75. The summed E-state index contributed by atoms with van der Waals surface area (Å²) in [7, 11) is 0. The molecule has 1 aromatic carbocycles. The highest BCUT2D eigenvalue weighted by atomic mass is 35.5. The van der Waals surface area contributed by atoms with E-state index in [1.54, 1.807) is 0 Å². The molecule has 0 amide bonds. The lowest BCUT2D eigenvalue weighted by Gasteiger charge is -2.12. The molecule has 0 aromatic heterocycles. The Labute approximate surface area is 88.1 Å². The van der Waals surface area contributed by atoms with Crippen LogP contribution in [0.15, 0.2) is 24.3 Å². The summed E-state index contributed by atoms with van der Waals surface area (Å²) < 4.78 is 5.52. The van der Waals surface area contributed by atoms with E-state index >= 15 is 0 Å². The van der Waals surface area contributed by atoms with E-state index in [0.717, 1.165) is 12.0 Å². The monoisotopic (exact) mass is 207 g/mol. The van der Waals surface area contributed by atoms with Crippen LogP contribution >= 0.6 is 11.6 Å². The fraction of sp³-hybridized carbons (Fsp3) is 0.364. The standard InChI is InChI=1S/C11H10ClNO/c12-10-3-1-8(2-4-10)11-9(7-13)5-6-14-11/h1-4,9,11H,5-6H2/t9-,11-/m0/s1. The minimum absolute atomic E-state index is 0.0174. The second-order valence-electron chi connectivity index (χ2n) is 3.37. The Morgan fingerprint density at radius 3 is 2.71 bits per heavy atom. The maximum atomic E-state index is 8.90. The fourth-order valence-corrected chi connectivity index (χ4v) is 1.83. The molecule has 2 rings (SSSR count). The average Bonchev–Trinajstić information content (AvgIpc) is 2.67. The predicted octanol–water partition coefficient (Wildman–Crippen LogP) is 2.94. The van der Waals surface area contributed by atoms with Crippen molar-refractivity contribution in [3.05, 3.63) is 34.9 Å². The van der Waals surface area contributed by atoms with Gasteiger partial charge >= 0.3 is 0 Å². The van der Waals surface area contributed by atoms with Crippen molar-refractivity contribution in [1.82, 2.24) is 0 Å². The van der Waals surface area contributed by atoms with Gasteiger partial charge < -0.3 is 4.74 Å². The summed E-state index contributed by atoms with van der Waals surface area (Å²) in [5.74, 6) is -0.0174. The number of ether oxygens (including phenoxy) is 1. The molecule has 1 saturated heterocycles. The smallest absolute Gasteiger partial charge is 0.0983 e. The van der Waals surface area contributed by atoms with E-state index < -0.39 is 0 Å². The Hall–Kier alpha value is -1.04. The van der Waals surface area contributed by atoms with Crippen LogP contribution in [0.5, 0.6) is 0 Å². The molecule has 1 heterocycles. The highest BCUT2D eigenvalue weighted by molar-refractivity contribution is 6.30. The molecule has 0 N–H and O–H groups in total. The highest BCUT2D eigenvalue weighted by Gasteiger charge is 2.29. The van der Waals surface area contributed by atoms with Crippen LogP contribution < -0.4 is 0 Å². The number of halogens is 1. The van der Waals surface area contributed by atoms with Gasteiger partial charge in [0, 0.05) is 11.6 Å². The summed E-state index contributed by atoms with van der Waals surface area (Å²) in [4.78, 5) is 0. The van der Waals surface area contributed by atoms with E-state index in [-0.39, 0.29) is 12.0 Å². The molecule has 1 aliphatic rings. The quantitative estimate of drug-likeness (QED) is 0.710. The van der Waals surface area contributed by atoms with Crippen molar-refractivity contribution in [3.8, 4) is 6.07 Å². The zero-order valence-electron chi connectivity index (χ0n) is 7.61. The normalized spacial score (nSPS) is 26.0. The minimum atomic E-state index is -0.0720. The first kappa shape index (κ1) is 9.51. The molecule has 1 aliphatic heterocycles. The maximum absolute atomic E-state index is 8.90. The molecule has 0 radical (unpaired) electrons. The first-order chi connectivity index (χ1) is 6.81. The van der Waals surface area contributed by atoms with Crippen LogP contribution in [0.3, 0.4) is 0 Å². The molecule has 2 atom stereocenters. The lowest BCUT2D eigenvalue weighted by molar-refractivity contribution is 0.101. The van der Waals surface area contributed by atoms with Crippen LogP contribution in [0, 0.1) is 17.2 Å². The summed E-state index contributed by atoms with van der Waals surface area (Å²) in [5, 5.41) is 9.60. The van der Waals surface area contributed by atoms with E-state index in [9.17, 15) is 0 Å². The molecule has 1 fully saturated rings. The average molecular weight is 208 g/mol. The van der Waals surface area contributed by atoms with Crippen molar-refractivity contribution in [3.63, 3.8) is 0 Å². The Morgan fingerprint density at radius 2 is 2.07 bits per heavy atom. The lowest BCUT2D eigenvalue weighted by Crippen LogP contribution is -2.04. The molecule has 0 bridgehead atoms. The number of nitrogens with zero attached hydrogens (tertiary/aromatic N) is 1. The molecule has 0 saturated carbocycles. The number of hydrogen-bond donors (Lipinski definition) is 0. The number of benzene rings is 1. The van der Waals surface area contributed by atoms with Crippen molar-refractivity contribution in [2.24, 2.45) is 5.92 Å². The van der Waals surface area contributed by atoms with Gasteiger partial charge in [-0.2, -0.15) is 5.26 Å². The van der Waals surface area contributed by atoms with E-state index in [4.69, 9.17) is 21.6 Å². The van der Waals surface area contributed by atoms with Gasteiger partial charge in [0.25, 0.3) is 0 Å².